The van der Waals surface area contributed by atoms with Crippen LogP contribution in [0.2, 0.25) is 0 Å². The molecule has 90 valence electrons. The van der Waals surface area contributed by atoms with E-state index in [1.54, 1.807) is 6.92 Å². The molecule has 0 aliphatic heterocycles. The zero-order valence-electron chi connectivity index (χ0n) is 11.2. The molecule has 1 heteroatoms. The second-order valence-corrected chi connectivity index (χ2v) is 2.72. The van der Waals surface area contributed by atoms with Gasteiger partial charge in [0.1, 0.15) is 5.78 Å². The Morgan fingerprint density at radius 1 is 1.06 bits per heavy atom. The summed E-state index contributed by atoms with van der Waals surface area (Å²) in [6.45, 7) is 9.59. The third kappa shape index (κ3) is 10.7. The van der Waals surface area contributed by atoms with Crippen molar-refractivity contribution in [2.24, 2.45) is 0 Å². The van der Waals surface area contributed by atoms with Gasteiger partial charge in [-0.05, 0) is 12.5 Å². The fourth-order valence-electron chi connectivity index (χ4n) is 0.925. The molecular formula is C15H24O. The monoisotopic (exact) mass is 220 g/mol. The summed E-state index contributed by atoms with van der Waals surface area (Å²) in [4.78, 5) is 10.6. The lowest BCUT2D eigenvalue weighted by molar-refractivity contribution is -0.116. The molecule has 0 saturated heterocycles. The van der Waals surface area contributed by atoms with Crippen LogP contribution in [0, 0.1) is 0 Å². The highest BCUT2D eigenvalue weighted by molar-refractivity contribution is 5.78. The first-order chi connectivity index (χ1) is 7.79. The van der Waals surface area contributed by atoms with Crippen LogP contribution in [-0.4, -0.2) is 5.78 Å². The summed E-state index contributed by atoms with van der Waals surface area (Å²) >= 11 is 0. The highest BCUT2D eigenvalue weighted by Crippen LogP contribution is 2.01. The number of rotatable bonds is 3. The maximum atomic E-state index is 10.6. The van der Waals surface area contributed by atoms with E-state index < -0.39 is 0 Å². The van der Waals surface area contributed by atoms with E-state index in [-0.39, 0.29) is 5.78 Å². The van der Waals surface area contributed by atoms with Crippen LogP contribution in [0.4, 0.5) is 0 Å². The standard InChI is InChI=1S/C11H12O.2C2H6/c1-10(12)6-5-9-11-7-3-2-4-8-11;2*1-2/h2-5,7-9H,6H2,1H3;2*1-2H3/b9-5+;;. The Morgan fingerprint density at radius 2 is 1.56 bits per heavy atom. The molecular weight excluding hydrogens is 196 g/mol. The summed E-state index contributed by atoms with van der Waals surface area (Å²) in [6.07, 6.45) is 4.37. The van der Waals surface area contributed by atoms with E-state index in [2.05, 4.69) is 0 Å². The average molecular weight is 220 g/mol. The van der Waals surface area contributed by atoms with Crippen molar-refractivity contribution in [1.82, 2.24) is 0 Å². The smallest absolute Gasteiger partial charge is 0.133 e. The molecule has 0 heterocycles. The molecule has 0 atom stereocenters. The molecule has 0 aliphatic rings. The molecule has 1 aromatic carbocycles. The number of carbonyl (C=O) groups is 1. The Morgan fingerprint density at radius 3 is 2.00 bits per heavy atom. The maximum absolute atomic E-state index is 10.6. The molecule has 0 spiro atoms. The molecule has 0 fully saturated rings. The summed E-state index contributed by atoms with van der Waals surface area (Å²) in [5, 5.41) is 0. The number of carbonyl (C=O) groups excluding carboxylic acids is 1. The number of Topliss-reactive ketones (excluding diaryl/α,β-unsaturated/α-hetero) is 1. The van der Waals surface area contributed by atoms with Crippen molar-refractivity contribution in [3.8, 4) is 0 Å². The van der Waals surface area contributed by atoms with Gasteiger partial charge in [0.2, 0.25) is 0 Å². The fourth-order valence-corrected chi connectivity index (χ4v) is 0.925. The summed E-state index contributed by atoms with van der Waals surface area (Å²) in [5.41, 5.74) is 1.14. The molecule has 0 aromatic heterocycles. The van der Waals surface area contributed by atoms with Gasteiger partial charge in [-0.25, -0.2) is 0 Å². The van der Waals surface area contributed by atoms with E-state index in [4.69, 9.17) is 0 Å². The van der Waals surface area contributed by atoms with E-state index in [1.807, 2.05) is 70.2 Å². The fraction of sp³-hybridized carbons (Fsp3) is 0.400. The minimum absolute atomic E-state index is 0.196. The van der Waals surface area contributed by atoms with Gasteiger partial charge in [-0.2, -0.15) is 0 Å². The quantitative estimate of drug-likeness (QED) is 0.719. The molecule has 0 unspecified atom stereocenters. The van der Waals surface area contributed by atoms with E-state index in [1.165, 1.54) is 0 Å². The molecule has 1 aromatic rings. The minimum Gasteiger partial charge on any atom is -0.300 e. The van der Waals surface area contributed by atoms with Gasteiger partial charge in [0, 0.05) is 6.42 Å². The van der Waals surface area contributed by atoms with E-state index in [0.717, 1.165) is 5.56 Å². The summed E-state index contributed by atoms with van der Waals surface area (Å²) in [6, 6.07) is 9.95. The van der Waals surface area contributed by atoms with Crippen LogP contribution in [0.3, 0.4) is 0 Å². The van der Waals surface area contributed by atoms with E-state index in [9.17, 15) is 4.79 Å². The molecule has 0 amide bonds. The van der Waals surface area contributed by atoms with Gasteiger partial charge >= 0.3 is 0 Å². The Kier molecular flexibility index (Phi) is 14.5. The van der Waals surface area contributed by atoms with Crippen molar-refractivity contribution in [3.05, 3.63) is 42.0 Å². The van der Waals surface area contributed by atoms with E-state index in [0.29, 0.717) is 6.42 Å². The first kappa shape index (κ1) is 17.0. The first-order valence-corrected chi connectivity index (χ1v) is 6.00. The van der Waals surface area contributed by atoms with Crippen molar-refractivity contribution in [1.29, 1.82) is 0 Å². The van der Waals surface area contributed by atoms with Crippen LogP contribution >= 0.6 is 0 Å². The molecule has 0 radical (unpaired) electrons. The molecule has 16 heavy (non-hydrogen) atoms. The molecule has 1 nitrogen and oxygen atoms in total. The second kappa shape index (κ2) is 13.6. The number of ketones is 1. The van der Waals surface area contributed by atoms with Crippen LogP contribution in [-0.2, 0) is 4.79 Å². The van der Waals surface area contributed by atoms with Crippen LogP contribution in [0.15, 0.2) is 36.4 Å². The Bertz CT molecular complexity index is 273. The van der Waals surface area contributed by atoms with Gasteiger partial charge in [0.05, 0.1) is 0 Å². The Balaban J connectivity index is 0. The number of allylic oxidation sites excluding steroid dienone is 1. The second-order valence-electron chi connectivity index (χ2n) is 2.72. The molecule has 0 saturated carbocycles. The van der Waals surface area contributed by atoms with Gasteiger partial charge in [-0.3, -0.25) is 4.79 Å². The number of hydrogen-bond donors (Lipinski definition) is 0. The van der Waals surface area contributed by atoms with Crippen LogP contribution in [0.25, 0.3) is 6.08 Å². The van der Waals surface area contributed by atoms with Crippen molar-refractivity contribution >= 4 is 11.9 Å². The SMILES string of the molecule is CC.CC.CC(=O)C/C=C/c1ccccc1. The molecule has 0 aliphatic carbocycles. The lowest BCUT2D eigenvalue weighted by Gasteiger charge is -1.89. The lowest BCUT2D eigenvalue weighted by Crippen LogP contribution is -1.83. The van der Waals surface area contributed by atoms with Gasteiger partial charge in [-0.1, -0.05) is 70.2 Å². The van der Waals surface area contributed by atoms with Crippen LogP contribution in [0.1, 0.15) is 46.6 Å². The summed E-state index contributed by atoms with van der Waals surface area (Å²) < 4.78 is 0. The highest BCUT2D eigenvalue weighted by Gasteiger charge is 1.86. The molecule has 0 bridgehead atoms. The van der Waals surface area contributed by atoms with Gasteiger partial charge in [-0.15, -0.1) is 0 Å². The molecule has 0 N–H and O–H groups in total. The van der Waals surface area contributed by atoms with Gasteiger partial charge in [0.25, 0.3) is 0 Å². The predicted octanol–water partition coefficient (Wildman–Crippen LogP) is 4.73. The van der Waals surface area contributed by atoms with Crippen molar-refractivity contribution < 1.29 is 4.79 Å². The van der Waals surface area contributed by atoms with Crippen molar-refractivity contribution in [2.75, 3.05) is 0 Å². The van der Waals surface area contributed by atoms with Crippen molar-refractivity contribution in [2.45, 2.75) is 41.0 Å². The van der Waals surface area contributed by atoms with Crippen LogP contribution in [0.5, 0.6) is 0 Å². The number of hydrogen-bond acceptors (Lipinski definition) is 1. The number of benzene rings is 1. The molecule has 1 rings (SSSR count). The summed E-state index contributed by atoms with van der Waals surface area (Å²) in [5.74, 6) is 0.196. The first-order valence-electron chi connectivity index (χ1n) is 6.00. The van der Waals surface area contributed by atoms with Gasteiger partial charge < -0.3 is 0 Å². The highest BCUT2D eigenvalue weighted by atomic mass is 16.1. The third-order valence-electron chi connectivity index (χ3n) is 1.52. The van der Waals surface area contributed by atoms with Crippen LogP contribution < -0.4 is 0 Å². The van der Waals surface area contributed by atoms with E-state index >= 15 is 0 Å². The normalized spacial score (nSPS) is 8.56. The summed E-state index contributed by atoms with van der Waals surface area (Å²) in [7, 11) is 0. The largest absolute Gasteiger partial charge is 0.300 e. The average Bonchev–Trinajstić information content (AvgIpc) is 2.35. The lowest BCUT2D eigenvalue weighted by atomic mass is 10.2. The Hall–Kier alpha value is -1.37. The third-order valence-corrected chi connectivity index (χ3v) is 1.52. The predicted molar refractivity (Wildman–Crippen MR) is 73.5 cm³/mol. The maximum Gasteiger partial charge on any atom is 0.133 e. The van der Waals surface area contributed by atoms with Crippen molar-refractivity contribution in [3.63, 3.8) is 0 Å². The zero-order chi connectivity index (χ0) is 12.8. The topological polar surface area (TPSA) is 17.1 Å². The minimum atomic E-state index is 0.196. The zero-order valence-corrected chi connectivity index (χ0v) is 11.2. The Labute approximate surface area is 100 Å². The van der Waals surface area contributed by atoms with Gasteiger partial charge in [0.15, 0.2) is 0 Å².